The van der Waals surface area contributed by atoms with Crippen molar-refractivity contribution in [1.82, 2.24) is 0 Å². The Balaban J connectivity index is 2.10. The molecule has 1 aliphatic rings. The average Bonchev–Trinajstić information content (AvgIpc) is 2.68. The summed E-state index contributed by atoms with van der Waals surface area (Å²) in [6, 6.07) is 5.69. The van der Waals surface area contributed by atoms with Gasteiger partial charge in [0.2, 0.25) is 5.78 Å². The third-order valence-electron chi connectivity index (χ3n) is 4.83. The number of ether oxygens (including phenoxy) is 1. The number of benzene rings is 2. The zero-order valence-electron chi connectivity index (χ0n) is 14.9. The van der Waals surface area contributed by atoms with Crippen LogP contribution in [0.1, 0.15) is 27.6 Å². The summed E-state index contributed by atoms with van der Waals surface area (Å²) >= 11 is 0. The van der Waals surface area contributed by atoms with Crippen molar-refractivity contribution in [2.75, 3.05) is 6.61 Å². The van der Waals surface area contributed by atoms with Crippen LogP contribution >= 0.6 is 0 Å². The first kappa shape index (κ1) is 20.8. The fourth-order valence-electron chi connectivity index (χ4n) is 3.26. The van der Waals surface area contributed by atoms with Gasteiger partial charge >= 0.3 is 0 Å². The van der Waals surface area contributed by atoms with Gasteiger partial charge in [-0.3, -0.25) is 4.79 Å². The minimum absolute atomic E-state index is 0.00107. The molecule has 0 unspecified atom stereocenters. The first-order valence-electron chi connectivity index (χ1n) is 8.59. The number of aliphatic hydroxyl groups is 4. The van der Waals surface area contributed by atoms with Crippen LogP contribution in [-0.4, -0.2) is 77.7 Å². The molecule has 1 heterocycles. The van der Waals surface area contributed by atoms with Crippen molar-refractivity contribution in [3.8, 4) is 23.0 Å². The van der Waals surface area contributed by atoms with Gasteiger partial charge < -0.3 is 45.6 Å². The molecule has 2 aromatic carbocycles. The van der Waals surface area contributed by atoms with Crippen LogP contribution in [0.2, 0.25) is 0 Å². The number of rotatable bonds is 4. The van der Waals surface area contributed by atoms with Gasteiger partial charge in [-0.25, -0.2) is 0 Å². The van der Waals surface area contributed by atoms with Crippen LogP contribution in [0, 0.1) is 0 Å². The number of carbonyl (C=O) groups excluding carboxylic acids is 1. The van der Waals surface area contributed by atoms with Crippen molar-refractivity contribution < 1.29 is 50.4 Å². The predicted octanol–water partition coefficient (Wildman–Crippen LogP) is -0.745. The minimum Gasteiger partial charge on any atom is -0.508 e. The average molecular weight is 408 g/mol. The van der Waals surface area contributed by atoms with E-state index in [-0.39, 0.29) is 11.3 Å². The van der Waals surface area contributed by atoms with E-state index in [4.69, 9.17) is 4.74 Å². The summed E-state index contributed by atoms with van der Waals surface area (Å²) in [6.07, 6.45) is -8.22. The zero-order chi connectivity index (χ0) is 21.5. The third-order valence-corrected chi connectivity index (χ3v) is 4.83. The van der Waals surface area contributed by atoms with Gasteiger partial charge in [0.1, 0.15) is 59.1 Å². The fourth-order valence-corrected chi connectivity index (χ4v) is 3.26. The Morgan fingerprint density at radius 3 is 2.10 bits per heavy atom. The van der Waals surface area contributed by atoms with Crippen molar-refractivity contribution in [3.63, 3.8) is 0 Å². The van der Waals surface area contributed by atoms with Gasteiger partial charge in [-0.15, -0.1) is 0 Å². The Kier molecular flexibility index (Phi) is 5.64. The Morgan fingerprint density at radius 1 is 0.897 bits per heavy atom. The van der Waals surface area contributed by atoms with E-state index in [1.165, 1.54) is 24.3 Å². The van der Waals surface area contributed by atoms with E-state index in [1.807, 2.05) is 0 Å². The van der Waals surface area contributed by atoms with E-state index < -0.39 is 71.3 Å². The van der Waals surface area contributed by atoms with Gasteiger partial charge in [0.05, 0.1) is 12.2 Å². The molecule has 1 aliphatic heterocycles. The molecule has 0 amide bonds. The molecule has 1 fully saturated rings. The normalized spacial score (nSPS) is 27.0. The molecular formula is C19H20O10. The molecule has 1 saturated heterocycles. The Hall–Kier alpha value is -2.89. The van der Waals surface area contributed by atoms with Crippen molar-refractivity contribution in [2.24, 2.45) is 0 Å². The van der Waals surface area contributed by atoms with Crippen LogP contribution in [0.15, 0.2) is 30.3 Å². The number of hydrogen-bond donors (Lipinski definition) is 8. The highest BCUT2D eigenvalue weighted by Crippen LogP contribution is 2.46. The molecule has 3 rings (SSSR count). The van der Waals surface area contributed by atoms with Gasteiger partial charge in [-0.05, 0) is 24.3 Å². The summed E-state index contributed by atoms with van der Waals surface area (Å²) in [5.74, 6) is -3.38. The first-order chi connectivity index (χ1) is 13.7. The number of phenolic OH excluding ortho intramolecular Hbond substituents is 4. The smallest absolute Gasteiger partial charge is 0.200 e. The van der Waals surface area contributed by atoms with Gasteiger partial charge in [0, 0.05) is 11.6 Å². The standard InChI is InChI=1S/C19H20O10/c20-6-11-15(25)17(27)18(28)19(29-11)13-10(23)5-9(22)12(16(13)26)14(24)7-1-3-8(21)4-2-7/h1-5,11,15,17-23,25-28H,6H2/t11-,15-,17+,18-,19+/m0/s1. The Morgan fingerprint density at radius 2 is 1.52 bits per heavy atom. The lowest BCUT2D eigenvalue weighted by molar-refractivity contribution is -0.232. The number of aromatic hydroxyl groups is 4. The van der Waals surface area contributed by atoms with Crippen molar-refractivity contribution in [2.45, 2.75) is 30.5 Å². The minimum atomic E-state index is -1.83. The Bertz CT molecular complexity index is 908. The second kappa shape index (κ2) is 7.85. The molecule has 29 heavy (non-hydrogen) atoms. The fraction of sp³-hybridized carbons (Fsp3) is 0.316. The molecule has 0 aliphatic carbocycles. The summed E-state index contributed by atoms with van der Waals surface area (Å²) in [5.41, 5.74) is -1.12. The number of hydrogen-bond acceptors (Lipinski definition) is 10. The summed E-state index contributed by atoms with van der Waals surface area (Å²) in [5, 5.41) is 79.7. The summed E-state index contributed by atoms with van der Waals surface area (Å²) in [6.45, 7) is -0.736. The largest absolute Gasteiger partial charge is 0.508 e. The highest BCUT2D eigenvalue weighted by molar-refractivity contribution is 6.12. The maximum atomic E-state index is 12.7. The molecule has 2 aromatic rings. The molecule has 0 bridgehead atoms. The summed E-state index contributed by atoms with van der Waals surface area (Å²) < 4.78 is 5.32. The van der Waals surface area contributed by atoms with Crippen LogP contribution in [0.4, 0.5) is 0 Å². The van der Waals surface area contributed by atoms with E-state index in [9.17, 15) is 45.6 Å². The first-order valence-corrected chi connectivity index (χ1v) is 8.59. The number of phenols is 4. The lowest BCUT2D eigenvalue weighted by Crippen LogP contribution is -2.55. The number of ketones is 1. The third kappa shape index (κ3) is 3.59. The quantitative estimate of drug-likeness (QED) is 0.299. The van der Waals surface area contributed by atoms with Crippen molar-refractivity contribution in [1.29, 1.82) is 0 Å². The van der Waals surface area contributed by atoms with Crippen LogP contribution in [0.25, 0.3) is 0 Å². The topological polar surface area (TPSA) is 188 Å². The molecule has 8 N–H and O–H groups in total. The van der Waals surface area contributed by atoms with Crippen molar-refractivity contribution >= 4 is 5.78 Å². The van der Waals surface area contributed by atoms with Gasteiger partial charge in [0.15, 0.2) is 0 Å². The van der Waals surface area contributed by atoms with Gasteiger partial charge in [-0.1, -0.05) is 0 Å². The zero-order valence-corrected chi connectivity index (χ0v) is 14.9. The van der Waals surface area contributed by atoms with Crippen LogP contribution in [0.5, 0.6) is 23.0 Å². The van der Waals surface area contributed by atoms with Crippen LogP contribution < -0.4 is 0 Å². The van der Waals surface area contributed by atoms with E-state index in [1.54, 1.807) is 0 Å². The highest BCUT2D eigenvalue weighted by atomic mass is 16.5. The van der Waals surface area contributed by atoms with E-state index in [0.29, 0.717) is 0 Å². The summed E-state index contributed by atoms with van der Waals surface area (Å²) in [4.78, 5) is 12.7. The number of aliphatic hydroxyl groups excluding tert-OH is 4. The lowest BCUT2D eigenvalue weighted by Gasteiger charge is -2.40. The molecule has 0 aromatic heterocycles. The lowest BCUT2D eigenvalue weighted by atomic mass is 9.88. The van der Waals surface area contributed by atoms with Gasteiger partial charge in [-0.2, -0.15) is 0 Å². The molecule has 156 valence electrons. The second-order valence-corrected chi connectivity index (χ2v) is 6.68. The van der Waals surface area contributed by atoms with E-state index in [0.717, 1.165) is 6.07 Å². The molecule has 10 nitrogen and oxygen atoms in total. The molecule has 10 heteroatoms. The van der Waals surface area contributed by atoms with Crippen LogP contribution in [-0.2, 0) is 4.74 Å². The molecular weight excluding hydrogens is 388 g/mol. The maximum absolute atomic E-state index is 12.7. The monoisotopic (exact) mass is 408 g/mol. The van der Waals surface area contributed by atoms with Crippen LogP contribution in [0.3, 0.4) is 0 Å². The SMILES string of the molecule is O=C(c1ccc(O)cc1)c1c(O)cc(O)c([C@H]2O[C@@H](CO)[C@H](O)[C@@H](O)[C@@H]2O)c1O. The van der Waals surface area contributed by atoms with E-state index in [2.05, 4.69) is 0 Å². The number of carbonyl (C=O) groups is 1. The Labute approximate surface area is 164 Å². The molecule has 5 atom stereocenters. The predicted molar refractivity (Wildman–Crippen MR) is 95.7 cm³/mol. The molecule has 0 spiro atoms. The second-order valence-electron chi connectivity index (χ2n) is 6.68. The van der Waals surface area contributed by atoms with Gasteiger partial charge in [0.25, 0.3) is 0 Å². The summed E-state index contributed by atoms with van der Waals surface area (Å²) in [7, 11) is 0. The highest BCUT2D eigenvalue weighted by Gasteiger charge is 2.46. The van der Waals surface area contributed by atoms with Crippen molar-refractivity contribution in [3.05, 3.63) is 47.0 Å². The molecule has 0 radical (unpaired) electrons. The molecule has 0 saturated carbocycles. The van der Waals surface area contributed by atoms with E-state index >= 15 is 0 Å². The maximum Gasteiger partial charge on any atom is 0.200 e.